The lowest BCUT2D eigenvalue weighted by Gasteiger charge is -2.30. The lowest BCUT2D eigenvalue weighted by atomic mass is 9.99. The number of fused-ring (bicyclic) bond motifs is 1. The highest BCUT2D eigenvalue weighted by atomic mass is 32.2. The summed E-state index contributed by atoms with van der Waals surface area (Å²) in [5.41, 5.74) is 2.55. The van der Waals surface area contributed by atoms with Gasteiger partial charge >= 0.3 is 0 Å². The van der Waals surface area contributed by atoms with Crippen LogP contribution in [0.5, 0.6) is 0 Å². The Labute approximate surface area is 164 Å². The van der Waals surface area contributed by atoms with Gasteiger partial charge in [-0.25, -0.2) is 13.1 Å². The topological polar surface area (TPSA) is 102 Å². The molecule has 3 rings (SSSR count). The molecule has 28 heavy (non-hydrogen) atoms. The number of hydrogen-bond donors (Lipinski definition) is 1. The van der Waals surface area contributed by atoms with Crippen molar-refractivity contribution < 1.29 is 18.1 Å². The van der Waals surface area contributed by atoms with Crippen molar-refractivity contribution in [1.82, 2.24) is 4.72 Å². The average molecular weight is 405 g/mol. The Kier molecular flexibility index (Phi) is 5.97. The number of sulfonamides is 1. The SMILES string of the molecule is COC[C@H](C)NS(=O)(=O)c1ccc(N2CCc3ccccc3C2)c([N+](=O)[O-])c1. The first kappa shape index (κ1) is 20.2. The minimum atomic E-state index is -3.89. The lowest BCUT2D eigenvalue weighted by molar-refractivity contribution is -0.384. The van der Waals surface area contributed by atoms with Gasteiger partial charge in [0.25, 0.3) is 5.69 Å². The molecule has 1 heterocycles. The van der Waals surface area contributed by atoms with Crippen molar-refractivity contribution in [2.45, 2.75) is 30.8 Å². The highest BCUT2D eigenvalue weighted by Crippen LogP contribution is 2.34. The predicted octanol–water partition coefficient (Wildman–Crippen LogP) is 2.47. The summed E-state index contributed by atoms with van der Waals surface area (Å²) in [5.74, 6) is 0. The zero-order valence-corrected chi connectivity index (χ0v) is 16.6. The molecule has 0 fully saturated rings. The van der Waals surface area contributed by atoms with E-state index in [0.29, 0.717) is 18.8 Å². The number of benzene rings is 2. The molecule has 0 bridgehead atoms. The summed E-state index contributed by atoms with van der Waals surface area (Å²) in [6, 6.07) is 11.6. The van der Waals surface area contributed by atoms with Crippen LogP contribution < -0.4 is 9.62 Å². The van der Waals surface area contributed by atoms with Gasteiger partial charge in [-0.2, -0.15) is 0 Å². The first-order chi connectivity index (χ1) is 13.3. The van der Waals surface area contributed by atoms with Crippen molar-refractivity contribution in [3.05, 3.63) is 63.7 Å². The molecular formula is C19H23N3O5S. The third-order valence-electron chi connectivity index (χ3n) is 4.70. The van der Waals surface area contributed by atoms with E-state index in [-0.39, 0.29) is 17.2 Å². The van der Waals surface area contributed by atoms with E-state index in [0.717, 1.165) is 18.1 Å². The van der Waals surface area contributed by atoms with Crippen molar-refractivity contribution in [3.63, 3.8) is 0 Å². The Morgan fingerprint density at radius 1 is 1.25 bits per heavy atom. The third-order valence-corrected chi connectivity index (χ3v) is 6.29. The molecular weight excluding hydrogens is 382 g/mol. The van der Waals surface area contributed by atoms with Crippen LogP contribution in [0.1, 0.15) is 18.1 Å². The smallest absolute Gasteiger partial charge is 0.293 e. The van der Waals surface area contributed by atoms with E-state index in [4.69, 9.17) is 4.74 Å². The second-order valence-corrected chi connectivity index (χ2v) is 8.54. The van der Waals surface area contributed by atoms with E-state index in [1.165, 1.54) is 24.8 Å². The normalized spacial score (nSPS) is 15.1. The molecule has 1 atom stereocenters. The molecule has 150 valence electrons. The summed E-state index contributed by atoms with van der Waals surface area (Å²) in [6.45, 7) is 3.04. The van der Waals surface area contributed by atoms with Gasteiger partial charge in [-0.15, -0.1) is 0 Å². The van der Waals surface area contributed by atoms with E-state index in [9.17, 15) is 18.5 Å². The largest absolute Gasteiger partial charge is 0.383 e. The number of ether oxygens (including phenoxy) is 1. The lowest BCUT2D eigenvalue weighted by Crippen LogP contribution is -2.35. The molecule has 0 amide bonds. The minimum absolute atomic E-state index is 0.136. The number of nitro benzene ring substituents is 1. The zero-order chi connectivity index (χ0) is 20.3. The summed E-state index contributed by atoms with van der Waals surface area (Å²) >= 11 is 0. The highest BCUT2D eigenvalue weighted by molar-refractivity contribution is 7.89. The van der Waals surface area contributed by atoms with Crippen molar-refractivity contribution in [2.75, 3.05) is 25.2 Å². The molecule has 0 unspecified atom stereocenters. The number of rotatable bonds is 7. The Morgan fingerprint density at radius 3 is 2.64 bits per heavy atom. The molecule has 1 aliphatic heterocycles. The number of hydrogen-bond acceptors (Lipinski definition) is 6. The maximum absolute atomic E-state index is 12.5. The number of nitrogens with one attached hydrogen (secondary N) is 1. The van der Waals surface area contributed by atoms with Gasteiger partial charge in [0.05, 0.1) is 16.4 Å². The molecule has 2 aromatic rings. The van der Waals surface area contributed by atoms with Crippen LogP contribution in [0.15, 0.2) is 47.4 Å². The molecule has 0 aromatic heterocycles. The number of nitro groups is 1. The van der Waals surface area contributed by atoms with E-state index in [1.54, 1.807) is 6.92 Å². The maximum atomic E-state index is 12.5. The first-order valence-electron chi connectivity index (χ1n) is 8.93. The molecule has 2 aromatic carbocycles. The van der Waals surface area contributed by atoms with Crippen LogP contribution in [0.4, 0.5) is 11.4 Å². The number of methoxy groups -OCH3 is 1. The van der Waals surface area contributed by atoms with E-state index >= 15 is 0 Å². The van der Waals surface area contributed by atoms with Crippen LogP contribution in [0.2, 0.25) is 0 Å². The van der Waals surface area contributed by atoms with Crippen molar-refractivity contribution >= 4 is 21.4 Å². The number of anilines is 1. The van der Waals surface area contributed by atoms with Gasteiger partial charge in [-0.1, -0.05) is 24.3 Å². The third kappa shape index (κ3) is 4.32. The van der Waals surface area contributed by atoms with Crippen molar-refractivity contribution in [1.29, 1.82) is 0 Å². The van der Waals surface area contributed by atoms with Crippen LogP contribution in [-0.4, -0.2) is 39.6 Å². The van der Waals surface area contributed by atoms with Gasteiger partial charge in [0, 0.05) is 32.3 Å². The molecule has 0 saturated carbocycles. The van der Waals surface area contributed by atoms with Crippen LogP contribution in [0, 0.1) is 10.1 Å². The van der Waals surface area contributed by atoms with Crippen LogP contribution in [0.25, 0.3) is 0 Å². The molecule has 0 saturated heterocycles. The van der Waals surface area contributed by atoms with Gasteiger partial charge in [-0.3, -0.25) is 10.1 Å². The Balaban J connectivity index is 1.91. The maximum Gasteiger partial charge on any atom is 0.293 e. The summed E-state index contributed by atoms with van der Waals surface area (Å²) in [5, 5.41) is 11.7. The molecule has 0 aliphatic carbocycles. The van der Waals surface area contributed by atoms with Crippen molar-refractivity contribution in [2.24, 2.45) is 0 Å². The first-order valence-corrected chi connectivity index (χ1v) is 10.4. The highest BCUT2D eigenvalue weighted by Gasteiger charge is 2.27. The van der Waals surface area contributed by atoms with Crippen molar-refractivity contribution in [3.8, 4) is 0 Å². The zero-order valence-electron chi connectivity index (χ0n) is 15.8. The Morgan fingerprint density at radius 2 is 1.96 bits per heavy atom. The molecule has 0 radical (unpaired) electrons. The van der Waals surface area contributed by atoms with E-state index in [1.807, 2.05) is 23.1 Å². The summed E-state index contributed by atoms with van der Waals surface area (Å²) < 4.78 is 32.5. The second kappa shape index (κ2) is 8.26. The summed E-state index contributed by atoms with van der Waals surface area (Å²) in [7, 11) is -2.41. The fourth-order valence-electron chi connectivity index (χ4n) is 3.40. The van der Waals surface area contributed by atoms with Gasteiger partial charge in [0.1, 0.15) is 5.69 Å². The second-order valence-electron chi connectivity index (χ2n) is 6.83. The van der Waals surface area contributed by atoms with Gasteiger partial charge in [0.2, 0.25) is 10.0 Å². The van der Waals surface area contributed by atoms with Gasteiger partial charge in [0.15, 0.2) is 0 Å². The summed E-state index contributed by atoms with van der Waals surface area (Å²) in [6.07, 6.45) is 0.781. The van der Waals surface area contributed by atoms with Gasteiger partial charge in [-0.05, 0) is 36.6 Å². The predicted molar refractivity (Wildman–Crippen MR) is 106 cm³/mol. The molecule has 9 heteroatoms. The minimum Gasteiger partial charge on any atom is -0.383 e. The van der Waals surface area contributed by atoms with Gasteiger partial charge < -0.3 is 9.64 Å². The molecule has 1 N–H and O–H groups in total. The average Bonchev–Trinajstić information content (AvgIpc) is 2.66. The molecule has 1 aliphatic rings. The van der Waals surface area contributed by atoms with E-state index in [2.05, 4.69) is 10.8 Å². The fourth-order valence-corrected chi connectivity index (χ4v) is 4.65. The van der Waals surface area contributed by atoms with Crippen LogP contribution >= 0.6 is 0 Å². The quantitative estimate of drug-likeness (QED) is 0.561. The molecule has 8 nitrogen and oxygen atoms in total. The Bertz CT molecular complexity index is 977. The van der Waals surface area contributed by atoms with E-state index < -0.39 is 21.0 Å². The fraction of sp³-hybridized carbons (Fsp3) is 0.368. The van der Waals surface area contributed by atoms with Crippen LogP contribution in [0.3, 0.4) is 0 Å². The summed E-state index contributed by atoms with van der Waals surface area (Å²) in [4.78, 5) is 12.9. The Hall–Kier alpha value is -2.49. The van der Waals surface area contributed by atoms with Crippen LogP contribution in [-0.2, 0) is 27.7 Å². The monoisotopic (exact) mass is 405 g/mol. The standard InChI is InChI=1S/C19H23N3O5S/c1-14(13-27-2)20-28(25,26)17-7-8-18(19(11-17)22(23)24)21-10-9-15-5-3-4-6-16(15)12-21/h3-8,11,14,20H,9-10,12-13H2,1-2H3/t14-/m0/s1. The molecule has 0 spiro atoms. The number of nitrogens with zero attached hydrogens (tertiary/aromatic N) is 2.